The molecule has 4 N–H and O–H groups in total. The fraction of sp³-hybridized carbons (Fsp3) is 0.636. The molecule has 0 bridgehead atoms. The SMILES string of the molecule is C[C@H]1[C@H]([Si](C)(C)F)[C@@H](CCO)O[C@]12C(=O)Nc1ccc(NC(=O)C3CCCNC3)cc12. The van der Waals surface area contributed by atoms with Gasteiger partial charge < -0.3 is 29.9 Å². The van der Waals surface area contributed by atoms with Gasteiger partial charge in [0, 0.05) is 41.5 Å². The van der Waals surface area contributed by atoms with Gasteiger partial charge in [0.1, 0.15) is 0 Å². The van der Waals surface area contributed by atoms with Crippen LogP contribution < -0.4 is 16.0 Å². The second-order valence-corrected chi connectivity index (χ2v) is 13.3. The number of anilines is 2. The Morgan fingerprint density at radius 3 is 2.84 bits per heavy atom. The molecule has 4 rings (SSSR count). The number of piperidine rings is 1. The molecule has 2 saturated heterocycles. The molecule has 1 aromatic carbocycles. The lowest BCUT2D eigenvalue weighted by Gasteiger charge is -2.30. The van der Waals surface area contributed by atoms with Gasteiger partial charge >= 0.3 is 0 Å². The maximum absolute atomic E-state index is 15.3. The van der Waals surface area contributed by atoms with E-state index in [4.69, 9.17) is 4.74 Å². The largest absolute Gasteiger partial charge is 0.396 e. The van der Waals surface area contributed by atoms with Crippen molar-refractivity contribution >= 4 is 31.6 Å². The number of amides is 2. The van der Waals surface area contributed by atoms with Crippen LogP contribution in [0.4, 0.5) is 15.5 Å². The normalized spacial score (nSPS) is 32.7. The molecule has 0 aliphatic carbocycles. The number of aliphatic hydroxyl groups excluding tert-OH is 1. The Morgan fingerprint density at radius 2 is 2.19 bits per heavy atom. The number of hydrogen-bond donors (Lipinski definition) is 4. The summed E-state index contributed by atoms with van der Waals surface area (Å²) in [6, 6.07) is 5.31. The van der Waals surface area contributed by atoms with E-state index in [-0.39, 0.29) is 30.8 Å². The second kappa shape index (κ2) is 8.27. The Morgan fingerprint density at radius 1 is 1.42 bits per heavy atom. The van der Waals surface area contributed by atoms with Gasteiger partial charge in [-0.15, -0.1) is 0 Å². The predicted molar refractivity (Wildman–Crippen MR) is 119 cm³/mol. The summed E-state index contributed by atoms with van der Waals surface area (Å²) < 4.78 is 21.6. The molecule has 5 atom stereocenters. The summed E-state index contributed by atoms with van der Waals surface area (Å²) in [6.45, 7) is 6.58. The van der Waals surface area contributed by atoms with Crippen molar-refractivity contribution in [3.8, 4) is 0 Å². The fourth-order valence-electron chi connectivity index (χ4n) is 5.66. The van der Waals surface area contributed by atoms with Crippen molar-refractivity contribution in [2.45, 2.75) is 56.5 Å². The number of carbonyl (C=O) groups excluding carboxylic acids is 2. The first kappa shape index (κ1) is 22.4. The molecule has 3 aliphatic rings. The van der Waals surface area contributed by atoms with Gasteiger partial charge in [0.2, 0.25) is 14.3 Å². The molecule has 3 heterocycles. The zero-order valence-electron chi connectivity index (χ0n) is 18.3. The Kier molecular flexibility index (Phi) is 5.97. The Bertz CT molecular complexity index is 871. The molecule has 0 aromatic heterocycles. The number of hydrogen-bond acceptors (Lipinski definition) is 5. The minimum absolute atomic E-state index is 0.0489. The van der Waals surface area contributed by atoms with E-state index in [9.17, 15) is 14.7 Å². The van der Waals surface area contributed by atoms with Gasteiger partial charge in [0.15, 0.2) is 5.60 Å². The van der Waals surface area contributed by atoms with Crippen LogP contribution in [-0.2, 0) is 19.9 Å². The molecular weight excluding hydrogens is 417 g/mol. The van der Waals surface area contributed by atoms with Crippen molar-refractivity contribution < 1.29 is 23.5 Å². The summed E-state index contributed by atoms with van der Waals surface area (Å²) in [6.07, 6.45) is 1.56. The number of aliphatic hydroxyl groups is 1. The van der Waals surface area contributed by atoms with Crippen LogP contribution in [0.2, 0.25) is 18.6 Å². The van der Waals surface area contributed by atoms with Gasteiger partial charge in [-0.2, -0.15) is 0 Å². The molecule has 0 radical (unpaired) electrons. The van der Waals surface area contributed by atoms with E-state index in [1.807, 2.05) is 6.92 Å². The number of ether oxygens (including phenoxy) is 1. The van der Waals surface area contributed by atoms with Gasteiger partial charge in [0.25, 0.3) is 5.91 Å². The van der Waals surface area contributed by atoms with Crippen LogP contribution in [0.15, 0.2) is 18.2 Å². The van der Waals surface area contributed by atoms with Crippen LogP contribution in [0.3, 0.4) is 0 Å². The molecule has 2 amide bonds. The van der Waals surface area contributed by atoms with Crippen molar-refractivity contribution in [2.24, 2.45) is 11.8 Å². The monoisotopic (exact) mass is 449 g/mol. The Hall–Kier alpha value is -1.81. The summed E-state index contributed by atoms with van der Waals surface area (Å²) in [4.78, 5) is 25.9. The van der Waals surface area contributed by atoms with Gasteiger partial charge in [-0.3, -0.25) is 9.59 Å². The van der Waals surface area contributed by atoms with Crippen LogP contribution in [-0.4, -0.2) is 51.1 Å². The van der Waals surface area contributed by atoms with E-state index < -0.39 is 31.6 Å². The summed E-state index contributed by atoms with van der Waals surface area (Å²) in [7, 11) is -3.19. The quantitative estimate of drug-likeness (QED) is 0.409. The van der Waals surface area contributed by atoms with E-state index >= 15 is 4.11 Å². The lowest BCUT2D eigenvalue weighted by Crippen LogP contribution is -2.42. The van der Waals surface area contributed by atoms with Gasteiger partial charge in [-0.05, 0) is 57.1 Å². The van der Waals surface area contributed by atoms with Crippen LogP contribution >= 0.6 is 0 Å². The lowest BCUT2D eigenvalue weighted by atomic mass is 9.82. The van der Waals surface area contributed by atoms with E-state index in [0.29, 0.717) is 23.5 Å². The second-order valence-electron chi connectivity index (χ2n) is 9.53. The summed E-state index contributed by atoms with van der Waals surface area (Å²) >= 11 is 0. The van der Waals surface area contributed by atoms with Crippen molar-refractivity contribution in [3.63, 3.8) is 0 Å². The predicted octanol–water partition coefficient (Wildman–Crippen LogP) is 2.73. The third kappa shape index (κ3) is 3.81. The smallest absolute Gasteiger partial charge is 0.261 e. The third-order valence-corrected chi connectivity index (χ3v) is 9.52. The first-order chi connectivity index (χ1) is 14.7. The lowest BCUT2D eigenvalue weighted by molar-refractivity contribution is -0.143. The molecular formula is C22H32FN3O4Si. The highest BCUT2D eigenvalue weighted by molar-refractivity contribution is 6.72. The summed E-state index contributed by atoms with van der Waals surface area (Å²) in [5.41, 5.74) is 0.107. The highest BCUT2D eigenvalue weighted by Gasteiger charge is 2.65. The first-order valence-electron chi connectivity index (χ1n) is 11.1. The highest BCUT2D eigenvalue weighted by Crippen LogP contribution is 2.59. The molecule has 1 spiro atoms. The minimum atomic E-state index is -3.19. The van der Waals surface area contributed by atoms with Gasteiger partial charge in [-0.1, -0.05) is 6.92 Å². The number of carbonyl (C=O) groups is 2. The van der Waals surface area contributed by atoms with Crippen molar-refractivity contribution in [1.29, 1.82) is 0 Å². The molecule has 1 unspecified atom stereocenters. The maximum atomic E-state index is 15.3. The number of fused-ring (bicyclic) bond motifs is 2. The average molecular weight is 450 g/mol. The standard InChI is InChI=1S/C22H32FN3O4Si/c1-13-19(31(2,3)23)18(8-10-27)30-22(13)16-11-15(6-7-17(16)26-21(22)29)25-20(28)14-5-4-9-24-12-14/h6-7,11,13-14,18-19,24,27H,4-5,8-10,12H2,1-3H3,(H,25,28)(H,26,29)/t13-,14?,18+,19-,22+/m0/s1. The number of nitrogens with one attached hydrogen (secondary N) is 3. The fourth-order valence-corrected chi connectivity index (χ4v) is 8.20. The Balaban J connectivity index is 1.66. The minimum Gasteiger partial charge on any atom is -0.396 e. The van der Waals surface area contributed by atoms with Crippen LogP contribution in [0.5, 0.6) is 0 Å². The summed E-state index contributed by atoms with van der Waals surface area (Å²) in [5.74, 6) is -0.842. The number of benzene rings is 1. The van der Waals surface area contributed by atoms with E-state index in [2.05, 4.69) is 16.0 Å². The highest BCUT2D eigenvalue weighted by atomic mass is 28.4. The van der Waals surface area contributed by atoms with Gasteiger partial charge in [-0.25, -0.2) is 0 Å². The van der Waals surface area contributed by atoms with Crippen molar-refractivity contribution in [2.75, 3.05) is 30.3 Å². The van der Waals surface area contributed by atoms with Gasteiger partial charge in [0.05, 0.1) is 12.0 Å². The van der Waals surface area contributed by atoms with E-state index in [1.165, 1.54) is 0 Å². The van der Waals surface area contributed by atoms with Crippen LogP contribution in [0, 0.1) is 11.8 Å². The molecule has 7 nitrogen and oxygen atoms in total. The molecule has 0 saturated carbocycles. The van der Waals surface area contributed by atoms with E-state index in [1.54, 1.807) is 31.3 Å². The molecule has 2 fully saturated rings. The summed E-state index contributed by atoms with van der Waals surface area (Å²) in [5, 5.41) is 18.6. The number of rotatable bonds is 5. The van der Waals surface area contributed by atoms with Crippen LogP contribution in [0.25, 0.3) is 0 Å². The molecule has 1 aromatic rings. The van der Waals surface area contributed by atoms with Crippen molar-refractivity contribution in [1.82, 2.24) is 5.32 Å². The average Bonchev–Trinajstić information content (AvgIpc) is 3.17. The van der Waals surface area contributed by atoms with Crippen molar-refractivity contribution in [3.05, 3.63) is 23.8 Å². The zero-order valence-corrected chi connectivity index (χ0v) is 19.3. The molecule has 9 heteroatoms. The molecule has 31 heavy (non-hydrogen) atoms. The topological polar surface area (TPSA) is 99.7 Å². The van der Waals surface area contributed by atoms with Crippen LogP contribution in [0.1, 0.15) is 31.7 Å². The molecule has 170 valence electrons. The first-order valence-corrected chi connectivity index (χ1v) is 14.1. The number of halogens is 1. The molecule has 3 aliphatic heterocycles. The van der Waals surface area contributed by atoms with E-state index in [0.717, 1.165) is 19.4 Å². The Labute approximate surface area is 183 Å². The zero-order chi connectivity index (χ0) is 22.4. The maximum Gasteiger partial charge on any atom is 0.261 e. The third-order valence-electron chi connectivity index (χ3n) is 7.06.